The van der Waals surface area contributed by atoms with Crippen LogP contribution in [0.3, 0.4) is 0 Å². The van der Waals surface area contributed by atoms with E-state index in [2.05, 4.69) is 16.4 Å². The molecule has 3 unspecified atom stereocenters. The summed E-state index contributed by atoms with van der Waals surface area (Å²) in [5, 5.41) is 3.80. The molecule has 0 spiro atoms. The first-order valence-electron chi connectivity index (χ1n) is 11.2. The van der Waals surface area contributed by atoms with E-state index in [0.717, 1.165) is 27.4 Å². The number of hydrogen-bond acceptors (Lipinski definition) is 4. The third-order valence-electron chi connectivity index (χ3n) is 6.76. The summed E-state index contributed by atoms with van der Waals surface area (Å²) in [6.45, 7) is 6.59. The number of nitrogens with zero attached hydrogens (tertiary/aromatic N) is 2. The van der Waals surface area contributed by atoms with Gasteiger partial charge in [-0.25, -0.2) is 9.37 Å². The van der Waals surface area contributed by atoms with E-state index in [0.29, 0.717) is 41.7 Å². The number of halogens is 1. The molecule has 1 saturated carbocycles. The van der Waals surface area contributed by atoms with E-state index in [4.69, 9.17) is 0 Å². The summed E-state index contributed by atoms with van der Waals surface area (Å²) in [4.78, 5) is 33.7. The molecule has 1 saturated heterocycles. The van der Waals surface area contributed by atoms with Crippen LogP contribution in [0, 0.1) is 38.4 Å². The maximum Gasteiger partial charge on any atom is 0.274 e. The first kappa shape index (κ1) is 21.8. The van der Waals surface area contributed by atoms with E-state index in [-0.39, 0.29) is 17.9 Å². The van der Waals surface area contributed by atoms with Gasteiger partial charge in [-0.15, -0.1) is 11.3 Å². The lowest BCUT2D eigenvalue weighted by atomic mass is 10.1. The lowest BCUT2D eigenvalue weighted by Gasteiger charge is -2.27. The molecule has 1 N–H and O–H groups in total. The molecule has 1 aliphatic carbocycles. The Labute approximate surface area is 196 Å². The van der Waals surface area contributed by atoms with Crippen molar-refractivity contribution in [3.63, 3.8) is 0 Å². The van der Waals surface area contributed by atoms with Crippen LogP contribution in [0.5, 0.6) is 0 Å². The van der Waals surface area contributed by atoms with Crippen LogP contribution in [0.25, 0.3) is 10.4 Å². The van der Waals surface area contributed by atoms with Crippen molar-refractivity contribution in [3.8, 4) is 10.4 Å². The first-order chi connectivity index (χ1) is 15.8. The second kappa shape index (κ2) is 8.37. The molecule has 3 atom stereocenters. The quantitative estimate of drug-likeness (QED) is 0.593. The van der Waals surface area contributed by atoms with Crippen molar-refractivity contribution in [1.29, 1.82) is 0 Å². The summed E-state index contributed by atoms with van der Waals surface area (Å²) >= 11 is 1.53. The van der Waals surface area contributed by atoms with Gasteiger partial charge in [0.05, 0.1) is 15.9 Å². The van der Waals surface area contributed by atoms with E-state index in [9.17, 15) is 14.0 Å². The molecule has 2 aromatic carbocycles. The average Bonchev–Trinajstić information content (AvgIpc) is 3.30. The summed E-state index contributed by atoms with van der Waals surface area (Å²) in [6, 6.07) is 12.5. The number of rotatable bonds is 5. The van der Waals surface area contributed by atoms with Crippen molar-refractivity contribution in [3.05, 3.63) is 75.7 Å². The van der Waals surface area contributed by atoms with Gasteiger partial charge < -0.3 is 10.2 Å². The molecule has 1 aromatic heterocycles. The van der Waals surface area contributed by atoms with Gasteiger partial charge in [0.1, 0.15) is 11.5 Å². The SMILES string of the molecule is Cc1cccc(-c2sc(C)nc2C(=O)N2CC3CC3C2CNC(=O)c2cccc(F)c2C)c1. The zero-order chi connectivity index (χ0) is 23.3. The minimum atomic E-state index is -0.398. The molecule has 3 aromatic rings. The van der Waals surface area contributed by atoms with Crippen molar-refractivity contribution < 1.29 is 14.0 Å². The molecule has 5 nitrogen and oxygen atoms in total. The highest BCUT2D eigenvalue weighted by atomic mass is 32.1. The number of hydrogen-bond donors (Lipinski definition) is 1. The average molecular weight is 464 g/mol. The number of piperidine rings is 1. The van der Waals surface area contributed by atoms with Gasteiger partial charge in [-0.05, 0) is 62.3 Å². The number of benzene rings is 2. The fourth-order valence-corrected chi connectivity index (χ4v) is 5.81. The Morgan fingerprint density at radius 3 is 2.76 bits per heavy atom. The Kier molecular flexibility index (Phi) is 5.52. The van der Waals surface area contributed by atoms with Gasteiger partial charge in [0.2, 0.25) is 0 Å². The first-order valence-corrected chi connectivity index (χ1v) is 12.0. The van der Waals surface area contributed by atoms with Crippen LogP contribution in [0.1, 0.15) is 43.4 Å². The van der Waals surface area contributed by atoms with E-state index >= 15 is 0 Å². The number of fused-ring (bicyclic) bond motifs is 1. The molecule has 0 radical (unpaired) electrons. The maximum atomic E-state index is 13.9. The number of thiazole rings is 1. The van der Waals surface area contributed by atoms with Crippen LogP contribution < -0.4 is 5.32 Å². The molecule has 7 heteroatoms. The van der Waals surface area contributed by atoms with Gasteiger partial charge in [-0.2, -0.15) is 0 Å². The standard InChI is InChI=1S/C26H26FN3O2S/c1-14-6-4-7-17(10-14)24-23(29-16(3)33-24)26(32)30-13-18-11-20(18)22(30)12-28-25(31)19-8-5-9-21(27)15(19)2/h4-10,18,20,22H,11-13H2,1-3H3,(H,28,31). The highest BCUT2D eigenvalue weighted by Gasteiger charge is 2.54. The van der Waals surface area contributed by atoms with Crippen LogP contribution in [0.15, 0.2) is 42.5 Å². The minimum absolute atomic E-state index is 0.0762. The van der Waals surface area contributed by atoms with Gasteiger partial charge in [-0.1, -0.05) is 35.9 Å². The van der Waals surface area contributed by atoms with Crippen LogP contribution in [-0.4, -0.2) is 40.8 Å². The number of amides is 2. The molecular weight excluding hydrogens is 437 g/mol. The molecule has 170 valence electrons. The molecule has 5 rings (SSSR count). The second-order valence-electron chi connectivity index (χ2n) is 9.09. The zero-order valence-corrected chi connectivity index (χ0v) is 19.7. The van der Waals surface area contributed by atoms with Crippen LogP contribution >= 0.6 is 11.3 Å². The van der Waals surface area contributed by atoms with E-state index in [1.165, 1.54) is 23.5 Å². The maximum absolute atomic E-state index is 13.9. The molecule has 2 fully saturated rings. The molecule has 1 aliphatic heterocycles. The topological polar surface area (TPSA) is 62.3 Å². The minimum Gasteiger partial charge on any atom is -0.350 e. The molecule has 0 bridgehead atoms. The van der Waals surface area contributed by atoms with E-state index in [1.807, 2.05) is 36.9 Å². The predicted octanol–water partition coefficient (Wildman–Crippen LogP) is 4.76. The number of aromatic nitrogens is 1. The van der Waals surface area contributed by atoms with Crippen molar-refractivity contribution in [2.45, 2.75) is 33.2 Å². The van der Waals surface area contributed by atoms with Gasteiger partial charge >= 0.3 is 0 Å². The lowest BCUT2D eigenvalue weighted by molar-refractivity contribution is 0.0690. The number of carbonyl (C=O) groups is 2. The largest absolute Gasteiger partial charge is 0.350 e. The lowest BCUT2D eigenvalue weighted by Crippen LogP contribution is -2.45. The summed E-state index contributed by atoms with van der Waals surface area (Å²) < 4.78 is 13.9. The molecule has 2 amide bonds. The Bertz CT molecular complexity index is 1250. The number of likely N-dealkylation sites (tertiary alicyclic amines) is 1. The van der Waals surface area contributed by atoms with Crippen molar-refractivity contribution >= 4 is 23.2 Å². The normalized spacial score (nSPS) is 21.1. The highest BCUT2D eigenvalue weighted by Crippen LogP contribution is 2.50. The van der Waals surface area contributed by atoms with E-state index in [1.54, 1.807) is 13.0 Å². The molecule has 33 heavy (non-hydrogen) atoms. The third kappa shape index (κ3) is 4.06. The van der Waals surface area contributed by atoms with Crippen LogP contribution in [-0.2, 0) is 0 Å². The summed E-state index contributed by atoms with van der Waals surface area (Å²) in [7, 11) is 0. The fourth-order valence-electron chi connectivity index (χ4n) is 4.90. The summed E-state index contributed by atoms with van der Waals surface area (Å²) in [6.07, 6.45) is 1.07. The summed E-state index contributed by atoms with van der Waals surface area (Å²) in [5.74, 6) is 0.0850. The highest BCUT2D eigenvalue weighted by molar-refractivity contribution is 7.15. The Balaban J connectivity index is 1.36. The monoisotopic (exact) mass is 463 g/mol. The zero-order valence-electron chi connectivity index (χ0n) is 18.9. The van der Waals surface area contributed by atoms with E-state index < -0.39 is 5.82 Å². The fraction of sp³-hybridized carbons (Fsp3) is 0.346. The van der Waals surface area contributed by atoms with Gasteiger partial charge in [-0.3, -0.25) is 9.59 Å². The molecule has 2 heterocycles. The smallest absolute Gasteiger partial charge is 0.274 e. The van der Waals surface area contributed by atoms with Gasteiger partial charge in [0.25, 0.3) is 11.8 Å². The second-order valence-corrected chi connectivity index (χ2v) is 10.3. The van der Waals surface area contributed by atoms with Gasteiger partial charge in [0.15, 0.2) is 0 Å². The molecular formula is C26H26FN3O2S. The van der Waals surface area contributed by atoms with Crippen molar-refractivity contribution in [2.24, 2.45) is 11.8 Å². The summed E-state index contributed by atoms with van der Waals surface area (Å²) in [5.41, 5.74) is 3.28. The number of aryl methyl sites for hydroxylation is 2. The predicted molar refractivity (Wildman–Crippen MR) is 127 cm³/mol. The number of nitrogens with one attached hydrogen (secondary N) is 1. The Hall–Kier alpha value is -3.06. The Morgan fingerprint density at radius 2 is 1.97 bits per heavy atom. The molecule has 2 aliphatic rings. The van der Waals surface area contributed by atoms with Crippen molar-refractivity contribution in [1.82, 2.24) is 15.2 Å². The van der Waals surface area contributed by atoms with Crippen molar-refractivity contribution in [2.75, 3.05) is 13.1 Å². The van der Waals surface area contributed by atoms with Crippen LogP contribution in [0.2, 0.25) is 0 Å². The van der Waals surface area contributed by atoms with Crippen LogP contribution in [0.4, 0.5) is 4.39 Å². The number of carbonyl (C=O) groups excluding carboxylic acids is 2. The third-order valence-corrected chi connectivity index (χ3v) is 7.78. The Morgan fingerprint density at radius 1 is 1.18 bits per heavy atom. The van der Waals surface area contributed by atoms with Gasteiger partial charge in [0, 0.05) is 18.7 Å².